The molecule has 0 saturated carbocycles. The van der Waals surface area contributed by atoms with Crippen LogP contribution in [0.4, 0.5) is 0 Å². The smallest absolute Gasteiger partial charge is 0.187 e. The average molecular weight is 645 g/mol. The fraction of sp³-hybridized carbons (Fsp3) is 0.300. The van der Waals surface area contributed by atoms with E-state index >= 15 is 0 Å². The summed E-state index contributed by atoms with van der Waals surface area (Å²) in [7, 11) is 2.85. The van der Waals surface area contributed by atoms with Crippen LogP contribution in [-0.4, -0.2) is 25.6 Å². The van der Waals surface area contributed by atoms with Crippen LogP contribution in [0.1, 0.15) is 79.5 Å². The number of nitrogens with zero attached hydrogens (tertiary/aromatic N) is 4. The zero-order chi connectivity index (χ0) is 35.1. The lowest BCUT2D eigenvalue weighted by atomic mass is 9.87. The van der Waals surface area contributed by atoms with Crippen LogP contribution in [0.15, 0.2) is 101 Å². The lowest BCUT2D eigenvalue weighted by molar-refractivity contribution is 0.214. The van der Waals surface area contributed by atoms with Crippen molar-refractivity contribution in [2.45, 2.75) is 66.1 Å². The maximum absolute atomic E-state index is 9.24. The van der Waals surface area contributed by atoms with Gasteiger partial charge in [0.05, 0.1) is 0 Å². The Hall–Kier alpha value is -5.60. The van der Waals surface area contributed by atoms with Gasteiger partial charge < -0.3 is 19.1 Å². The van der Waals surface area contributed by atoms with E-state index in [1.807, 2.05) is 72.8 Å². The van der Waals surface area contributed by atoms with Crippen LogP contribution in [0, 0.1) is 29.6 Å². The minimum absolute atomic E-state index is 0.115. The van der Waals surface area contributed by atoms with Crippen molar-refractivity contribution in [2.24, 2.45) is 10.3 Å². The van der Waals surface area contributed by atoms with E-state index in [0.29, 0.717) is 24.7 Å². The summed E-state index contributed by atoms with van der Waals surface area (Å²) in [6.45, 7) is 13.7. The molecule has 0 atom stereocenters. The second kappa shape index (κ2) is 17.9. The number of benzene rings is 4. The molecule has 248 valence electrons. The Morgan fingerprint density at radius 3 is 1.56 bits per heavy atom. The van der Waals surface area contributed by atoms with Crippen molar-refractivity contribution in [3.8, 4) is 23.6 Å². The monoisotopic (exact) mass is 644 g/mol. The number of rotatable bonds is 11. The van der Waals surface area contributed by atoms with Gasteiger partial charge in [-0.3, -0.25) is 0 Å². The van der Waals surface area contributed by atoms with Crippen LogP contribution in [0.5, 0.6) is 11.5 Å². The Labute approximate surface area is 284 Å². The molecule has 8 nitrogen and oxygen atoms in total. The van der Waals surface area contributed by atoms with Gasteiger partial charge >= 0.3 is 0 Å². The van der Waals surface area contributed by atoms with Gasteiger partial charge in [-0.15, -0.1) is 0 Å². The molecule has 0 spiro atoms. The number of oxime groups is 2. The first-order valence-electron chi connectivity index (χ1n) is 15.7. The van der Waals surface area contributed by atoms with Crippen molar-refractivity contribution in [1.82, 2.24) is 0 Å². The molecule has 0 aliphatic carbocycles. The van der Waals surface area contributed by atoms with E-state index in [1.165, 1.54) is 30.9 Å². The summed E-state index contributed by atoms with van der Waals surface area (Å²) in [5.74, 6) is 2.09. The minimum Gasteiger partial charge on any atom is -0.489 e. The second-order valence-corrected chi connectivity index (χ2v) is 12.3. The van der Waals surface area contributed by atoms with E-state index in [2.05, 4.69) is 82.2 Å². The molecule has 0 aliphatic heterocycles. The lowest BCUT2D eigenvalue weighted by Crippen LogP contribution is -2.10. The molecule has 0 radical (unpaired) electrons. The average Bonchev–Trinajstić information content (AvgIpc) is 3.08. The summed E-state index contributed by atoms with van der Waals surface area (Å²) in [6, 6.07) is 33.4. The highest BCUT2D eigenvalue weighted by Crippen LogP contribution is 2.26. The normalized spacial score (nSPS) is 11.5. The molecule has 4 aromatic rings. The Bertz CT molecular complexity index is 1790. The summed E-state index contributed by atoms with van der Waals surface area (Å²) in [5.41, 5.74) is 7.60. The molecule has 4 rings (SSSR count). The Kier molecular flexibility index (Phi) is 13.8. The Morgan fingerprint density at radius 1 is 0.688 bits per heavy atom. The molecule has 0 aromatic heterocycles. The first-order chi connectivity index (χ1) is 23.0. The molecule has 48 heavy (non-hydrogen) atoms. The molecule has 0 N–H and O–H groups in total. The summed E-state index contributed by atoms with van der Waals surface area (Å²) < 4.78 is 11.8. The van der Waals surface area contributed by atoms with Crippen molar-refractivity contribution in [3.63, 3.8) is 0 Å². The van der Waals surface area contributed by atoms with Crippen molar-refractivity contribution in [1.29, 1.82) is 10.5 Å². The molecule has 4 aromatic carbocycles. The van der Waals surface area contributed by atoms with Crippen LogP contribution >= 0.6 is 0 Å². The number of nitriles is 2. The molecule has 0 fully saturated rings. The number of aryl methyl sites for hydroxylation is 1. The first-order valence-corrected chi connectivity index (χ1v) is 15.7. The molecular weight excluding hydrogens is 600 g/mol. The lowest BCUT2D eigenvalue weighted by Gasteiger charge is -2.19. The summed E-state index contributed by atoms with van der Waals surface area (Å²) in [6.07, 6.45) is 0. The summed E-state index contributed by atoms with van der Waals surface area (Å²) in [5, 5.41) is 26.0. The molecule has 0 saturated heterocycles. The molecule has 0 bridgehead atoms. The number of ether oxygens (including phenoxy) is 2. The molecule has 8 heteroatoms. The highest BCUT2D eigenvalue weighted by atomic mass is 16.6. The van der Waals surface area contributed by atoms with Crippen LogP contribution in [0.2, 0.25) is 0 Å². The van der Waals surface area contributed by atoms with Gasteiger partial charge in [-0.25, -0.2) is 0 Å². The fourth-order valence-electron chi connectivity index (χ4n) is 4.96. The van der Waals surface area contributed by atoms with Crippen molar-refractivity contribution >= 4 is 11.4 Å². The second-order valence-electron chi connectivity index (χ2n) is 12.3. The quantitative estimate of drug-likeness (QED) is 0.119. The maximum Gasteiger partial charge on any atom is 0.187 e. The Morgan fingerprint density at radius 2 is 1.15 bits per heavy atom. The van der Waals surface area contributed by atoms with Gasteiger partial charge in [0.15, 0.2) is 11.4 Å². The van der Waals surface area contributed by atoms with E-state index in [4.69, 9.17) is 19.1 Å². The van der Waals surface area contributed by atoms with Crippen LogP contribution < -0.4 is 9.47 Å². The van der Waals surface area contributed by atoms with Crippen LogP contribution in [-0.2, 0) is 28.3 Å². The van der Waals surface area contributed by atoms with E-state index in [9.17, 15) is 10.5 Å². The molecule has 0 amide bonds. The highest BCUT2D eigenvalue weighted by molar-refractivity contribution is 6.12. The number of hydrogen-bond donors (Lipinski definition) is 0. The largest absolute Gasteiger partial charge is 0.489 e. The van der Waals surface area contributed by atoms with E-state index in [-0.39, 0.29) is 16.8 Å². The maximum atomic E-state index is 9.24. The minimum atomic E-state index is 0.115. The predicted molar refractivity (Wildman–Crippen MR) is 190 cm³/mol. The van der Waals surface area contributed by atoms with Gasteiger partial charge in [-0.1, -0.05) is 112 Å². The number of hydrogen-bond acceptors (Lipinski definition) is 8. The topological polar surface area (TPSA) is 109 Å². The molecule has 0 aliphatic rings. The van der Waals surface area contributed by atoms with Gasteiger partial charge in [0.1, 0.15) is 51.1 Å². The fourth-order valence-corrected chi connectivity index (χ4v) is 4.96. The summed E-state index contributed by atoms with van der Waals surface area (Å²) >= 11 is 0. The third kappa shape index (κ3) is 10.5. The van der Waals surface area contributed by atoms with E-state index in [1.54, 1.807) is 0 Å². The van der Waals surface area contributed by atoms with Crippen molar-refractivity contribution in [2.75, 3.05) is 14.2 Å². The Balaban J connectivity index is 0.000000260. The van der Waals surface area contributed by atoms with Gasteiger partial charge in [0, 0.05) is 11.1 Å². The van der Waals surface area contributed by atoms with Gasteiger partial charge in [0.2, 0.25) is 0 Å². The van der Waals surface area contributed by atoms with Gasteiger partial charge in [0.25, 0.3) is 0 Å². The first kappa shape index (κ1) is 36.9. The van der Waals surface area contributed by atoms with E-state index in [0.717, 1.165) is 28.2 Å². The van der Waals surface area contributed by atoms with Gasteiger partial charge in [-0.2, -0.15) is 10.5 Å². The third-order valence-electron chi connectivity index (χ3n) is 7.49. The van der Waals surface area contributed by atoms with E-state index < -0.39 is 0 Å². The SMILES string of the molecule is CO/N=C(/C#N)c1ccccc1COc1ccc(C(C)(C)C)cc1.CO/N=C(/C#N)c1ccccc1COc1ccc(C(C)C)c(C)c1. The predicted octanol–water partition coefficient (Wildman–Crippen LogP) is 9.01. The van der Waals surface area contributed by atoms with Crippen LogP contribution in [0.25, 0.3) is 0 Å². The zero-order valence-electron chi connectivity index (χ0n) is 29.1. The van der Waals surface area contributed by atoms with Gasteiger partial charge in [-0.05, 0) is 70.3 Å². The highest BCUT2D eigenvalue weighted by Gasteiger charge is 2.14. The molecular formula is C40H44N4O4. The van der Waals surface area contributed by atoms with Crippen LogP contribution in [0.3, 0.4) is 0 Å². The third-order valence-corrected chi connectivity index (χ3v) is 7.49. The van der Waals surface area contributed by atoms with Crippen molar-refractivity contribution in [3.05, 3.63) is 130 Å². The molecule has 0 unspecified atom stereocenters. The standard InChI is InChI=1S/2C20H22N2O2/c1-20(2,3)16-9-11-17(12-10-16)24-14-15-7-5-6-8-18(15)19(13-21)22-23-4;1-14(2)18-10-9-17(11-15(18)3)24-13-16-7-5-6-8-19(16)20(12-21)22-23-4/h5-12H,14H2,1-4H3;5-11,14H,13H2,1-4H3/b22-19-;22-20-. The summed E-state index contributed by atoms with van der Waals surface area (Å²) in [4.78, 5) is 9.48. The molecule has 0 heterocycles. The van der Waals surface area contributed by atoms with Crippen molar-refractivity contribution < 1.29 is 19.1 Å². The zero-order valence-corrected chi connectivity index (χ0v) is 29.1.